The summed E-state index contributed by atoms with van der Waals surface area (Å²) in [6, 6.07) is 10.8. The first-order valence-electron chi connectivity index (χ1n) is 9.21. The molecule has 0 radical (unpaired) electrons. The quantitative estimate of drug-likeness (QED) is 0.669. The number of fused-ring (bicyclic) bond motifs is 1. The smallest absolute Gasteiger partial charge is 0.248 e. The second-order valence-corrected chi connectivity index (χ2v) is 7.48. The van der Waals surface area contributed by atoms with Gasteiger partial charge in [0.25, 0.3) is 0 Å². The van der Waals surface area contributed by atoms with Crippen LogP contribution in [0, 0.1) is 5.92 Å². The number of allylic oxidation sites excluding steroid dienone is 2. The van der Waals surface area contributed by atoms with Crippen LogP contribution in [0.1, 0.15) is 62.7 Å². The van der Waals surface area contributed by atoms with E-state index in [1.807, 2.05) is 18.6 Å². The van der Waals surface area contributed by atoms with Crippen LogP contribution in [0.5, 0.6) is 0 Å². The van der Waals surface area contributed by atoms with Gasteiger partial charge in [-0.3, -0.25) is 0 Å². The summed E-state index contributed by atoms with van der Waals surface area (Å²) in [5.41, 5.74) is 5.07. The number of halogens is 2. The maximum atomic E-state index is 13.4. The van der Waals surface area contributed by atoms with Gasteiger partial charge in [-0.25, -0.2) is 13.8 Å². The van der Waals surface area contributed by atoms with Gasteiger partial charge in [0.1, 0.15) is 0 Å². The van der Waals surface area contributed by atoms with Gasteiger partial charge in [-0.15, -0.1) is 0 Å². The van der Waals surface area contributed by atoms with Gasteiger partial charge in [-0.1, -0.05) is 30.3 Å². The van der Waals surface area contributed by atoms with Gasteiger partial charge in [-0.2, -0.15) is 0 Å². The largest absolute Gasteiger partial charge is 0.323 e. The van der Waals surface area contributed by atoms with E-state index in [4.69, 9.17) is 0 Å². The van der Waals surface area contributed by atoms with Crippen LogP contribution in [0.15, 0.2) is 42.9 Å². The first-order valence-corrected chi connectivity index (χ1v) is 9.21. The molecule has 25 heavy (non-hydrogen) atoms. The van der Waals surface area contributed by atoms with Crippen molar-refractivity contribution in [1.82, 2.24) is 9.55 Å². The fourth-order valence-corrected chi connectivity index (χ4v) is 4.46. The molecule has 0 bridgehead atoms. The summed E-state index contributed by atoms with van der Waals surface area (Å²) in [4.78, 5) is 4.32. The summed E-state index contributed by atoms with van der Waals surface area (Å²) in [5, 5.41) is 0. The number of hydrogen-bond acceptors (Lipinski definition) is 1. The van der Waals surface area contributed by atoms with Crippen LogP contribution in [-0.4, -0.2) is 15.5 Å². The lowest BCUT2D eigenvalue weighted by atomic mass is 9.82. The first kappa shape index (κ1) is 16.5. The van der Waals surface area contributed by atoms with E-state index >= 15 is 0 Å². The number of benzene rings is 1. The number of rotatable bonds is 4. The molecule has 0 spiro atoms. The first-order chi connectivity index (χ1) is 12.1. The minimum atomic E-state index is -2.44. The van der Waals surface area contributed by atoms with Crippen LogP contribution in [0.2, 0.25) is 0 Å². The van der Waals surface area contributed by atoms with Gasteiger partial charge in [0.2, 0.25) is 5.92 Å². The molecule has 1 aliphatic heterocycles. The van der Waals surface area contributed by atoms with Crippen molar-refractivity contribution in [2.24, 2.45) is 5.92 Å². The molecule has 0 amide bonds. The lowest BCUT2D eigenvalue weighted by Gasteiger charge is -2.29. The molecule has 1 fully saturated rings. The molecule has 2 aromatic rings. The summed E-state index contributed by atoms with van der Waals surface area (Å²) in [6.07, 6.45) is 7.24. The van der Waals surface area contributed by atoms with Crippen LogP contribution < -0.4 is 0 Å². The lowest BCUT2D eigenvalue weighted by Crippen LogP contribution is -2.25. The van der Waals surface area contributed by atoms with Crippen LogP contribution in [0.25, 0.3) is 11.1 Å². The molecular formula is C21H24F2N2. The second-order valence-electron chi connectivity index (χ2n) is 7.48. The van der Waals surface area contributed by atoms with E-state index in [1.165, 1.54) is 22.4 Å². The molecule has 2 nitrogen and oxygen atoms in total. The Morgan fingerprint density at radius 1 is 1.12 bits per heavy atom. The van der Waals surface area contributed by atoms with Gasteiger partial charge >= 0.3 is 0 Å². The van der Waals surface area contributed by atoms with Gasteiger partial charge in [-0.05, 0) is 55.2 Å². The second kappa shape index (κ2) is 6.40. The van der Waals surface area contributed by atoms with Crippen LogP contribution >= 0.6 is 0 Å². The van der Waals surface area contributed by atoms with E-state index in [0.717, 1.165) is 12.8 Å². The minimum Gasteiger partial charge on any atom is -0.323 e. The van der Waals surface area contributed by atoms with E-state index in [0.29, 0.717) is 18.8 Å². The van der Waals surface area contributed by atoms with Gasteiger partial charge in [0.15, 0.2) is 0 Å². The highest BCUT2D eigenvalue weighted by Crippen LogP contribution is 2.46. The van der Waals surface area contributed by atoms with Crippen LogP contribution in [-0.2, 0) is 0 Å². The molecule has 0 saturated heterocycles. The fourth-order valence-electron chi connectivity index (χ4n) is 4.46. The molecule has 1 unspecified atom stereocenters. The predicted octanol–water partition coefficient (Wildman–Crippen LogP) is 5.97. The summed E-state index contributed by atoms with van der Waals surface area (Å²) in [6.45, 7) is 2.16. The third-order valence-corrected chi connectivity index (χ3v) is 5.89. The molecule has 132 valence electrons. The number of hydrogen-bond donors (Lipinski definition) is 0. The maximum Gasteiger partial charge on any atom is 0.248 e. The van der Waals surface area contributed by atoms with E-state index in [1.54, 1.807) is 0 Å². The Morgan fingerprint density at radius 2 is 1.84 bits per heavy atom. The van der Waals surface area contributed by atoms with E-state index < -0.39 is 5.92 Å². The Balaban J connectivity index is 1.53. The molecule has 1 aromatic heterocycles. The van der Waals surface area contributed by atoms with Crippen molar-refractivity contribution in [3.63, 3.8) is 0 Å². The SMILES string of the molecule is CC1=C(c2ccccc2)C(CCC2CCC(F)(F)CC2)n2cncc21. The highest BCUT2D eigenvalue weighted by Gasteiger charge is 2.36. The number of nitrogens with zero attached hydrogens (tertiary/aromatic N) is 2. The normalized spacial score (nSPS) is 23.1. The van der Waals surface area contributed by atoms with Gasteiger partial charge in [0.05, 0.1) is 24.3 Å². The van der Waals surface area contributed by atoms with Crippen molar-refractivity contribution in [2.75, 3.05) is 0 Å². The number of imidazole rings is 1. The topological polar surface area (TPSA) is 17.8 Å². The molecule has 2 aliphatic rings. The summed E-state index contributed by atoms with van der Waals surface area (Å²) >= 11 is 0. The molecule has 4 heteroatoms. The van der Waals surface area contributed by atoms with Crippen molar-refractivity contribution < 1.29 is 8.78 Å². The highest BCUT2D eigenvalue weighted by molar-refractivity contribution is 5.93. The average Bonchev–Trinajstić information content (AvgIpc) is 3.18. The molecule has 1 aliphatic carbocycles. The monoisotopic (exact) mass is 342 g/mol. The summed E-state index contributed by atoms with van der Waals surface area (Å²) in [5.74, 6) is -2.02. The standard InChI is InChI=1S/C21H24F2N2/c1-15-19-13-24-14-25(19)18(20(15)17-5-3-2-4-6-17)8-7-16-9-11-21(22,23)12-10-16/h2-6,13-14,16,18H,7-12H2,1H3. The average molecular weight is 342 g/mol. The number of alkyl halides is 2. The Bertz CT molecular complexity index is 766. The Labute approximate surface area is 147 Å². The molecule has 1 aromatic carbocycles. The third kappa shape index (κ3) is 3.14. The fraction of sp³-hybridized carbons (Fsp3) is 0.476. The molecule has 4 rings (SSSR count). The lowest BCUT2D eigenvalue weighted by molar-refractivity contribution is -0.0468. The third-order valence-electron chi connectivity index (χ3n) is 5.89. The Hall–Kier alpha value is -1.97. The molecular weight excluding hydrogens is 318 g/mol. The predicted molar refractivity (Wildman–Crippen MR) is 96.3 cm³/mol. The van der Waals surface area contributed by atoms with Crippen molar-refractivity contribution in [3.8, 4) is 0 Å². The number of aromatic nitrogens is 2. The zero-order valence-corrected chi connectivity index (χ0v) is 14.6. The van der Waals surface area contributed by atoms with E-state index in [-0.39, 0.29) is 18.9 Å². The molecule has 2 heterocycles. The van der Waals surface area contributed by atoms with Crippen molar-refractivity contribution in [3.05, 3.63) is 54.1 Å². The maximum absolute atomic E-state index is 13.4. The van der Waals surface area contributed by atoms with E-state index in [9.17, 15) is 8.78 Å². The molecule has 0 N–H and O–H groups in total. The molecule has 1 atom stereocenters. The minimum absolute atomic E-state index is 0.0546. The van der Waals surface area contributed by atoms with Crippen molar-refractivity contribution in [2.45, 2.75) is 57.4 Å². The van der Waals surface area contributed by atoms with Gasteiger partial charge in [0, 0.05) is 12.8 Å². The van der Waals surface area contributed by atoms with Crippen molar-refractivity contribution >= 4 is 11.1 Å². The zero-order chi connectivity index (χ0) is 17.4. The molecule has 1 saturated carbocycles. The summed E-state index contributed by atoms with van der Waals surface area (Å²) in [7, 11) is 0. The van der Waals surface area contributed by atoms with E-state index in [2.05, 4.69) is 40.7 Å². The van der Waals surface area contributed by atoms with Crippen molar-refractivity contribution in [1.29, 1.82) is 0 Å². The zero-order valence-electron chi connectivity index (χ0n) is 14.6. The summed E-state index contributed by atoms with van der Waals surface area (Å²) < 4.78 is 29.0. The van der Waals surface area contributed by atoms with Gasteiger partial charge < -0.3 is 4.57 Å². The highest BCUT2D eigenvalue weighted by atomic mass is 19.3. The Kier molecular flexibility index (Phi) is 4.22. The van der Waals surface area contributed by atoms with Crippen LogP contribution in [0.3, 0.4) is 0 Å². The van der Waals surface area contributed by atoms with Crippen LogP contribution in [0.4, 0.5) is 8.78 Å². The Morgan fingerprint density at radius 3 is 2.56 bits per heavy atom.